The van der Waals surface area contributed by atoms with E-state index in [1.165, 1.54) is 0 Å². The molecule has 0 aliphatic carbocycles. The van der Waals surface area contributed by atoms with Gasteiger partial charge in [0.15, 0.2) is 0 Å². The van der Waals surface area contributed by atoms with E-state index in [4.69, 9.17) is 11.6 Å². The van der Waals surface area contributed by atoms with Crippen molar-refractivity contribution < 1.29 is 5.11 Å². The predicted octanol–water partition coefficient (Wildman–Crippen LogP) is 1.32. The number of hydrogen-bond acceptors (Lipinski definition) is 5. The molecule has 20 heavy (non-hydrogen) atoms. The first-order valence-electron chi connectivity index (χ1n) is 7.09. The van der Waals surface area contributed by atoms with Crippen LogP contribution < -0.4 is 10.2 Å². The van der Waals surface area contributed by atoms with E-state index in [1.54, 1.807) is 13.8 Å². The quantitative estimate of drug-likeness (QED) is 0.862. The highest BCUT2D eigenvalue weighted by Gasteiger charge is 2.37. The van der Waals surface area contributed by atoms with Crippen LogP contribution in [0.1, 0.15) is 25.2 Å². The van der Waals surface area contributed by atoms with Crippen molar-refractivity contribution in [2.75, 3.05) is 31.1 Å². The van der Waals surface area contributed by atoms with Crippen molar-refractivity contribution in [1.82, 2.24) is 15.3 Å². The highest BCUT2D eigenvalue weighted by molar-refractivity contribution is 6.31. The molecule has 0 saturated carbocycles. The molecule has 1 aromatic rings. The number of hydrogen-bond donors (Lipinski definition) is 2. The zero-order valence-corrected chi connectivity index (χ0v) is 12.9. The van der Waals surface area contributed by atoms with Crippen LogP contribution in [0.5, 0.6) is 0 Å². The van der Waals surface area contributed by atoms with E-state index in [0.717, 1.165) is 31.9 Å². The molecule has 1 aromatic heterocycles. The molecule has 3 heterocycles. The van der Waals surface area contributed by atoms with Gasteiger partial charge in [-0.2, -0.15) is 0 Å². The first kappa shape index (κ1) is 14.0. The number of rotatable bonds is 2. The molecule has 3 rings (SSSR count). The fourth-order valence-corrected chi connectivity index (χ4v) is 3.43. The van der Waals surface area contributed by atoms with E-state index in [1.807, 2.05) is 6.92 Å². The Bertz CT molecular complexity index is 517. The van der Waals surface area contributed by atoms with Crippen molar-refractivity contribution >= 4 is 17.5 Å². The largest absolute Gasteiger partial charge is 0.384 e. The summed E-state index contributed by atoms with van der Waals surface area (Å²) in [5.74, 6) is 2.05. The van der Waals surface area contributed by atoms with Crippen LogP contribution in [0.15, 0.2) is 0 Å². The van der Waals surface area contributed by atoms with E-state index in [2.05, 4.69) is 20.2 Å². The van der Waals surface area contributed by atoms with Gasteiger partial charge in [-0.05, 0) is 32.6 Å². The summed E-state index contributed by atoms with van der Waals surface area (Å²) in [6.45, 7) is 9.37. The summed E-state index contributed by atoms with van der Waals surface area (Å²) in [5.41, 5.74) is 0.178. The zero-order valence-electron chi connectivity index (χ0n) is 12.1. The molecule has 0 bridgehead atoms. The molecule has 0 unspecified atom stereocenters. The van der Waals surface area contributed by atoms with Crippen LogP contribution in [0.2, 0.25) is 5.02 Å². The van der Waals surface area contributed by atoms with Gasteiger partial charge in [-0.25, -0.2) is 9.97 Å². The van der Waals surface area contributed by atoms with Crippen LogP contribution in [0.25, 0.3) is 0 Å². The zero-order chi connectivity index (χ0) is 14.5. The van der Waals surface area contributed by atoms with Gasteiger partial charge in [-0.1, -0.05) is 11.6 Å². The van der Waals surface area contributed by atoms with Crippen molar-refractivity contribution in [3.63, 3.8) is 0 Å². The molecule has 2 atom stereocenters. The molecule has 0 radical (unpaired) electrons. The number of aromatic nitrogens is 2. The topological polar surface area (TPSA) is 61.3 Å². The predicted molar refractivity (Wildman–Crippen MR) is 79.1 cm³/mol. The lowest BCUT2D eigenvalue weighted by molar-refractivity contribution is 0.0738. The van der Waals surface area contributed by atoms with Crippen LogP contribution in [0, 0.1) is 18.8 Å². The Morgan fingerprint density at radius 3 is 2.40 bits per heavy atom. The maximum atomic E-state index is 10.2. The van der Waals surface area contributed by atoms with Crippen molar-refractivity contribution in [2.24, 2.45) is 11.8 Å². The lowest BCUT2D eigenvalue weighted by Crippen LogP contribution is -2.29. The molecule has 110 valence electrons. The summed E-state index contributed by atoms with van der Waals surface area (Å²) in [6, 6.07) is 0. The van der Waals surface area contributed by atoms with Crippen molar-refractivity contribution in [3.05, 3.63) is 16.4 Å². The van der Waals surface area contributed by atoms with Gasteiger partial charge in [0.05, 0.1) is 16.4 Å². The second-order valence-electron chi connectivity index (χ2n) is 6.41. The number of aryl methyl sites for hydroxylation is 1. The van der Waals surface area contributed by atoms with Crippen LogP contribution in [-0.4, -0.2) is 41.3 Å². The van der Waals surface area contributed by atoms with Gasteiger partial charge >= 0.3 is 0 Å². The fourth-order valence-electron chi connectivity index (χ4n) is 3.11. The summed E-state index contributed by atoms with van der Waals surface area (Å²) < 4.78 is 0. The lowest BCUT2D eigenvalue weighted by atomic mass is 10.0. The smallest absolute Gasteiger partial charge is 0.225 e. The third-order valence-electron chi connectivity index (χ3n) is 4.26. The van der Waals surface area contributed by atoms with Crippen molar-refractivity contribution in [2.45, 2.75) is 26.4 Å². The van der Waals surface area contributed by atoms with Crippen LogP contribution in [0.3, 0.4) is 0 Å². The van der Waals surface area contributed by atoms with Gasteiger partial charge in [-0.3, -0.25) is 0 Å². The van der Waals surface area contributed by atoms with Gasteiger partial charge < -0.3 is 15.3 Å². The molecule has 2 N–H and O–H groups in total. The summed E-state index contributed by atoms with van der Waals surface area (Å²) in [4.78, 5) is 11.3. The molecule has 5 nitrogen and oxygen atoms in total. The average molecular weight is 297 g/mol. The van der Waals surface area contributed by atoms with Gasteiger partial charge in [0.25, 0.3) is 0 Å². The molecule has 6 heteroatoms. The second-order valence-corrected chi connectivity index (χ2v) is 6.79. The van der Waals surface area contributed by atoms with Crippen LogP contribution in [-0.2, 0) is 5.60 Å². The average Bonchev–Trinajstić information content (AvgIpc) is 2.91. The van der Waals surface area contributed by atoms with E-state index < -0.39 is 5.60 Å². The maximum Gasteiger partial charge on any atom is 0.225 e. The Hall–Kier alpha value is -0.910. The Kier molecular flexibility index (Phi) is 3.39. The number of aliphatic hydroxyl groups is 1. The highest BCUT2D eigenvalue weighted by atomic mass is 35.5. The number of anilines is 1. The molecular formula is C14H21ClN4O. The van der Waals surface area contributed by atoms with E-state index >= 15 is 0 Å². The second kappa shape index (κ2) is 4.83. The molecule has 2 saturated heterocycles. The van der Waals surface area contributed by atoms with E-state index in [-0.39, 0.29) is 0 Å². The van der Waals surface area contributed by atoms with Crippen molar-refractivity contribution in [3.8, 4) is 0 Å². The third-order valence-corrected chi connectivity index (χ3v) is 4.71. The molecule has 2 fully saturated rings. The molecule has 2 aliphatic rings. The molecule has 0 aromatic carbocycles. The number of nitrogens with one attached hydrogen (secondary N) is 1. The first-order valence-corrected chi connectivity index (χ1v) is 7.46. The minimum Gasteiger partial charge on any atom is -0.384 e. The van der Waals surface area contributed by atoms with Crippen LogP contribution >= 0.6 is 11.6 Å². The lowest BCUT2D eigenvalue weighted by Gasteiger charge is -2.23. The summed E-state index contributed by atoms with van der Waals surface area (Å²) >= 11 is 6.24. The maximum absolute atomic E-state index is 10.2. The highest BCUT2D eigenvalue weighted by Crippen LogP contribution is 2.33. The number of nitrogens with zero attached hydrogens (tertiary/aromatic N) is 3. The standard InChI is InChI=1S/C14H21ClN4O/c1-8-11(15)12(14(2,3)20)18-13(17-8)19-6-9-4-16-5-10(9)7-19/h9-10,16,20H,4-7H2,1-3H3/t9-,10+. The fraction of sp³-hybridized carbons (Fsp3) is 0.714. The summed E-state index contributed by atoms with van der Waals surface area (Å²) in [6.07, 6.45) is 0. The van der Waals surface area contributed by atoms with E-state index in [0.29, 0.717) is 28.5 Å². The number of fused-ring (bicyclic) bond motifs is 1. The number of halogens is 1. The van der Waals surface area contributed by atoms with Crippen LogP contribution in [0.4, 0.5) is 5.95 Å². The minimum atomic E-state index is -1.06. The first-order chi connectivity index (χ1) is 9.36. The van der Waals surface area contributed by atoms with Gasteiger partial charge in [-0.15, -0.1) is 0 Å². The van der Waals surface area contributed by atoms with Gasteiger partial charge in [0.1, 0.15) is 5.60 Å². The monoisotopic (exact) mass is 296 g/mol. The Balaban J connectivity index is 1.93. The SMILES string of the molecule is Cc1nc(N2C[C@H]3CNC[C@H]3C2)nc(C(C)(C)O)c1Cl. The van der Waals surface area contributed by atoms with E-state index in [9.17, 15) is 5.11 Å². The van der Waals surface area contributed by atoms with Gasteiger partial charge in [0, 0.05) is 26.2 Å². The molecule has 2 aliphatic heterocycles. The molecule has 0 spiro atoms. The Morgan fingerprint density at radius 1 is 1.25 bits per heavy atom. The minimum absolute atomic E-state index is 0.460. The normalized spacial score (nSPS) is 26.1. The molecule has 0 amide bonds. The van der Waals surface area contributed by atoms with Crippen molar-refractivity contribution in [1.29, 1.82) is 0 Å². The van der Waals surface area contributed by atoms with Gasteiger partial charge in [0.2, 0.25) is 5.95 Å². The molecular weight excluding hydrogens is 276 g/mol. The Labute approximate surface area is 124 Å². The summed E-state index contributed by atoms with van der Waals surface area (Å²) in [7, 11) is 0. The third kappa shape index (κ3) is 2.38. The summed E-state index contributed by atoms with van der Waals surface area (Å²) in [5, 5.41) is 14.1. The Morgan fingerprint density at radius 2 is 1.85 bits per heavy atom.